The first-order chi connectivity index (χ1) is 8.02. The number of anilines is 1. The van der Waals surface area contributed by atoms with Crippen LogP contribution in [-0.4, -0.2) is 6.04 Å². The van der Waals surface area contributed by atoms with Crippen molar-refractivity contribution in [3.8, 4) is 0 Å². The van der Waals surface area contributed by atoms with Crippen LogP contribution in [0.1, 0.15) is 12.8 Å². The number of halogens is 5. The highest BCUT2D eigenvalue weighted by atomic mass is 19.2. The van der Waals surface area contributed by atoms with Gasteiger partial charge in [0.2, 0.25) is 5.82 Å². The largest absolute Gasteiger partial charge is 0.374 e. The first-order valence-electron chi connectivity index (χ1n) is 4.97. The molecule has 1 N–H and O–H groups in total. The van der Waals surface area contributed by atoms with E-state index in [4.69, 9.17) is 0 Å². The van der Waals surface area contributed by atoms with Crippen molar-refractivity contribution in [3.63, 3.8) is 0 Å². The molecule has 0 amide bonds. The second kappa shape index (κ2) is 4.35. The van der Waals surface area contributed by atoms with Crippen molar-refractivity contribution in [2.24, 2.45) is 0 Å². The van der Waals surface area contributed by atoms with Crippen molar-refractivity contribution < 1.29 is 22.0 Å². The highest BCUT2D eigenvalue weighted by molar-refractivity contribution is 5.49. The van der Waals surface area contributed by atoms with Crippen LogP contribution in [0.5, 0.6) is 0 Å². The SMILES string of the molecule is Fc1c(F)c(F)c(NC2C=CCC2)c(F)c1F. The molecule has 1 aromatic rings. The monoisotopic (exact) mass is 249 g/mol. The predicted molar refractivity (Wildman–Crippen MR) is 52.0 cm³/mol. The maximum absolute atomic E-state index is 13.2. The molecule has 1 unspecified atom stereocenters. The number of allylic oxidation sites excluding steroid dienone is 1. The van der Waals surface area contributed by atoms with Crippen LogP contribution in [0, 0.1) is 29.1 Å². The second-order valence-corrected chi connectivity index (χ2v) is 3.70. The summed E-state index contributed by atoms with van der Waals surface area (Å²) in [6.45, 7) is 0. The van der Waals surface area contributed by atoms with E-state index in [-0.39, 0.29) is 0 Å². The summed E-state index contributed by atoms with van der Waals surface area (Å²) in [5.74, 6) is -9.68. The maximum Gasteiger partial charge on any atom is 0.200 e. The summed E-state index contributed by atoms with van der Waals surface area (Å²) in [7, 11) is 0. The van der Waals surface area contributed by atoms with Crippen LogP contribution < -0.4 is 5.32 Å². The number of benzene rings is 1. The summed E-state index contributed by atoms with van der Waals surface area (Å²) in [5, 5.41) is 2.30. The van der Waals surface area contributed by atoms with E-state index >= 15 is 0 Å². The van der Waals surface area contributed by atoms with Crippen molar-refractivity contribution in [3.05, 3.63) is 41.2 Å². The van der Waals surface area contributed by atoms with Gasteiger partial charge in [-0.1, -0.05) is 12.2 Å². The third kappa shape index (κ3) is 1.99. The number of hydrogen-bond acceptors (Lipinski definition) is 1. The fraction of sp³-hybridized carbons (Fsp3) is 0.273. The molecule has 92 valence electrons. The Hall–Kier alpha value is -1.59. The molecular weight excluding hydrogens is 241 g/mol. The average Bonchev–Trinajstić information content (AvgIpc) is 2.82. The lowest BCUT2D eigenvalue weighted by molar-refractivity contribution is 0.381. The van der Waals surface area contributed by atoms with Gasteiger partial charge in [0.1, 0.15) is 5.69 Å². The lowest BCUT2D eigenvalue weighted by atomic mass is 10.2. The Kier molecular flexibility index (Phi) is 3.04. The van der Waals surface area contributed by atoms with Gasteiger partial charge in [-0.25, -0.2) is 22.0 Å². The first-order valence-corrected chi connectivity index (χ1v) is 4.97. The lowest BCUT2D eigenvalue weighted by Gasteiger charge is -2.14. The average molecular weight is 249 g/mol. The Morgan fingerprint density at radius 3 is 1.88 bits per heavy atom. The van der Waals surface area contributed by atoms with Crippen LogP contribution in [0.4, 0.5) is 27.6 Å². The zero-order chi connectivity index (χ0) is 12.6. The molecule has 1 aromatic carbocycles. The summed E-state index contributed by atoms with van der Waals surface area (Å²) >= 11 is 0. The molecule has 6 heteroatoms. The summed E-state index contributed by atoms with van der Waals surface area (Å²) in [5.41, 5.74) is -0.974. The number of hydrogen-bond donors (Lipinski definition) is 1. The molecule has 17 heavy (non-hydrogen) atoms. The van der Waals surface area contributed by atoms with Crippen molar-refractivity contribution in [1.29, 1.82) is 0 Å². The molecule has 0 aliphatic heterocycles. The van der Waals surface area contributed by atoms with Crippen LogP contribution in [0.15, 0.2) is 12.2 Å². The quantitative estimate of drug-likeness (QED) is 0.366. The van der Waals surface area contributed by atoms with Gasteiger partial charge in [0.05, 0.1) is 0 Å². The Morgan fingerprint density at radius 1 is 0.882 bits per heavy atom. The van der Waals surface area contributed by atoms with Gasteiger partial charge in [0, 0.05) is 6.04 Å². The molecule has 0 aromatic heterocycles. The molecule has 1 atom stereocenters. The molecule has 0 radical (unpaired) electrons. The van der Waals surface area contributed by atoms with Crippen molar-refractivity contribution in [2.75, 3.05) is 5.32 Å². The zero-order valence-corrected chi connectivity index (χ0v) is 8.54. The molecule has 0 spiro atoms. The minimum Gasteiger partial charge on any atom is -0.374 e. The number of nitrogens with one attached hydrogen (secondary N) is 1. The molecule has 0 heterocycles. The van der Waals surface area contributed by atoms with Gasteiger partial charge in [0.15, 0.2) is 23.3 Å². The molecule has 1 nitrogen and oxygen atoms in total. The molecular formula is C11H8F5N. The Labute approximate surface area is 93.9 Å². The van der Waals surface area contributed by atoms with Crippen LogP contribution in [0.2, 0.25) is 0 Å². The summed E-state index contributed by atoms with van der Waals surface area (Å²) in [4.78, 5) is 0. The zero-order valence-electron chi connectivity index (χ0n) is 8.54. The summed E-state index contributed by atoms with van der Waals surface area (Å²) < 4.78 is 65.0. The van der Waals surface area contributed by atoms with Crippen molar-refractivity contribution in [1.82, 2.24) is 0 Å². The molecule has 0 saturated heterocycles. The van der Waals surface area contributed by atoms with Crippen molar-refractivity contribution in [2.45, 2.75) is 18.9 Å². The van der Waals surface area contributed by atoms with Gasteiger partial charge in [-0.15, -0.1) is 0 Å². The Bertz CT molecular complexity index is 454. The van der Waals surface area contributed by atoms with Gasteiger partial charge in [-0.05, 0) is 12.8 Å². The van der Waals surface area contributed by atoms with E-state index in [1.54, 1.807) is 12.2 Å². The molecule has 0 fully saturated rings. The molecule has 2 rings (SSSR count). The highest BCUT2D eigenvalue weighted by Crippen LogP contribution is 2.28. The summed E-state index contributed by atoms with van der Waals surface area (Å²) in [6.07, 6.45) is 4.65. The van der Waals surface area contributed by atoms with E-state index in [9.17, 15) is 22.0 Å². The molecule has 1 aliphatic rings. The summed E-state index contributed by atoms with van der Waals surface area (Å²) in [6, 6.07) is -0.414. The standard InChI is InChI=1S/C11H8F5N/c12-6-7(13)9(15)11(10(16)8(6)14)17-5-3-1-2-4-5/h1,3,5,17H,2,4H2. The minimum absolute atomic E-state index is 0.414. The number of rotatable bonds is 2. The van der Waals surface area contributed by atoms with Gasteiger partial charge in [-0.3, -0.25) is 0 Å². The van der Waals surface area contributed by atoms with Gasteiger partial charge in [-0.2, -0.15) is 0 Å². The van der Waals surface area contributed by atoms with Gasteiger partial charge in [0.25, 0.3) is 0 Å². The van der Waals surface area contributed by atoms with Crippen molar-refractivity contribution >= 4 is 5.69 Å². The predicted octanol–water partition coefficient (Wildman–Crippen LogP) is 3.51. The molecule has 0 saturated carbocycles. The van der Waals surface area contributed by atoms with E-state index in [1.807, 2.05) is 0 Å². The molecule has 0 bridgehead atoms. The van der Waals surface area contributed by atoms with Gasteiger partial charge < -0.3 is 5.32 Å². The normalized spacial score (nSPS) is 18.8. The van der Waals surface area contributed by atoms with Crippen LogP contribution in [0.25, 0.3) is 0 Å². The van der Waals surface area contributed by atoms with Crippen LogP contribution in [-0.2, 0) is 0 Å². The first kappa shape index (κ1) is 11.9. The lowest BCUT2D eigenvalue weighted by Crippen LogP contribution is -2.18. The highest BCUT2D eigenvalue weighted by Gasteiger charge is 2.26. The molecule has 1 aliphatic carbocycles. The van der Waals surface area contributed by atoms with E-state index < -0.39 is 40.8 Å². The topological polar surface area (TPSA) is 12.0 Å². The van der Waals surface area contributed by atoms with E-state index in [1.165, 1.54) is 0 Å². The Morgan fingerprint density at radius 2 is 1.41 bits per heavy atom. The Balaban J connectivity index is 2.42. The fourth-order valence-electron chi connectivity index (χ4n) is 1.67. The second-order valence-electron chi connectivity index (χ2n) is 3.70. The maximum atomic E-state index is 13.2. The van der Waals surface area contributed by atoms with Crippen LogP contribution >= 0.6 is 0 Å². The smallest absolute Gasteiger partial charge is 0.200 e. The van der Waals surface area contributed by atoms with Gasteiger partial charge >= 0.3 is 0 Å². The van der Waals surface area contributed by atoms with Crippen LogP contribution in [0.3, 0.4) is 0 Å². The third-order valence-corrected chi connectivity index (χ3v) is 2.55. The van der Waals surface area contributed by atoms with E-state index in [0.29, 0.717) is 12.8 Å². The van der Waals surface area contributed by atoms with E-state index in [0.717, 1.165) is 0 Å². The fourth-order valence-corrected chi connectivity index (χ4v) is 1.67. The third-order valence-electron chi connectivity index (χ3n) is 2.55. The minimum atomic E-state index is -2.15. The van der Waals surface area contributed by atoms with E-state index in [2.05, 4.69) is 5.32 Å².